The van der Waals surface area contributed by atoms with Crippen LogP contribution in [0.2, 0.25) is 0 Å². The van der Waals surface area contributed by atoms with Crippen LogP contribution < -0.4 is 12.4 Å². The van der Waals surface area contributed by atoms with Gasteiger partial charge in [0.1, 0.15) is 5.92 Å². The number of quaternary nitrogens is 1. The molecule has 1 rings (SSSR count). The monoisotopic (exact) mass is 179 g/mol. The van der Waals surface area contributed by atoms with Crippen molar-refractivity contribution in [1.29, 1.82) is 0 Å². The van der Waals surface area contributed by atoms with Crippen molar-refractivity contribution >= 4 is 5.97 Å². The Balaban J connectivity index is 0.000001000. The third-order valence-corrected chi connectivity index (χ3v) is 2.15. The molecule has 1 atom stereocenters. The zero-order valence-electron chi connectivity index (χ0n) is 6.88. The normalized spacial score (nSPS) is 27.6. The lowest BCUT2D eigenvalue weighted by molar-refractivity contribution is -0.878. The smallest absolute Gasteiger partial charge is 0.312 e. The van der Waals surface area contributed by atoms with E-state index in [0.717, 1.165) is 24.0 Å². The molecule has 1 N–H and O–H groups in total. The second kappa shape index (κ2) is 3.41. The summed E-state index contributed by atoms with van der Waals surface area (Å²) in [4.78, 5) is 10.5. The summed E-state index contributed by atoms with van der Waals surface area (Å²) in [5, 5.41) is 8.64. The van der Waals surface area contributed by atoms with E-state index in [2.05, 4.69) is 14.1 Å². The molecule has 0 aromatic heterocycles. The highest BCUT2D eigenvalue weighted by Crippen LogP contribution is 2.19. The fourth-order valence-electron chi connectivity index (χ4n) is 1.49. The third kappa shape index (κ3) is 2.67. The summed E-state index contributed by atoms with van der Waals surface area (Å²) >= 11 is 0. The van der Waals surface area contributed by atoms with Gasteiger partial charge in [0, 0.05) is 6.42 Å². The lowest BCUT2D eigenvalue weighted by atomic mass is 10.1. The summed E-state index contributed by atoms with van der Waals surface area (Å²) in [7, 11) is 4.14. The number of hydrogen-bond donors (Lipinski definition) is 1. The number of halogens is 1. The molecule has 0 radical (unpaired) electrons. The van der Waals surface area contributed by atoms with Gasteiger partial charge in [-0.05, 0) is 0 Å². The minimum absolute atomic E-state index is 0. The maximum atomic E-state index is 10.5. The first-order valence-corrected chi connectivity index (χ1v) is 3.56. The van der Waals surface area contributed by atoms with Crippen molar-refractivity contribution < 1.29 is 26.8 Å². The van der Waals surface area contributed by atoms with Gasteiger partial charge in [0.05, 0.1) is 27.2 Å². The van der Waals surface area contributed by atoms with Crippen LogP contribution in [0.3, 0.4) is 0 Å². The van der Waals surface area contributed by atoms with Gasteiger partial charge >= 0.3 is 5.97 Å². The Morgan fingerprint density at radius 3 is 2.27 bits per heavy atom. The fraction of sp³-hybridized carbons (Fsp3) is 0.857. The van der Waals surface area contributed by atoms with Crippen molar-refractivity contribution in [3.05, 3.63) is 0 Å². The first-order valence-electron chi connectivity index (χ1n) is 3.56. The molecule has 1 unspecified atom stereocenters. The molecule has 0 aromatic carbocycles. The van der Waals surface area contributed by atoms with Gasteiger partial charge in [0.15, 0.2) is 0 Å². The minimum Gasteiger partial charge on any atom is -1.00 e. The first-order chi connectivity index (χ1) is 4.51. The van der Waals surface area contributed by atoms with Gasteiger partial charge in [-0.25, -0.2) is 0 Å². The van der Waals surface area contributed by atoms with Crippen LogP contribution in [0, 0.1) is 5.92 Å². The molecule has 1 saturated heterocycles. The van der Waals surface area contributed by atoms with Gasteiger partial charge in [-0.3, -0.25) is 4.79 Å². The number of likely N-dealkylation sites (tertiary alicyclic amines) is 1. The molecule has 0 amide bonds. The van der Waals surface area contributed by atoms with Crippen molar-refractivity contribution in [2.45, 2.75) is 6.42 Å². The molecule has 1 fully saturated rings. The molecule has 0 aromatic rings. The van der Waals surface area contributed by atoms with Crippen LogP contribution in [0.25, 0.3) is 0 Å². The van der Waals surface area contributed by atoms with Gasteiger partial charge in [-0.2, -0.15) is 0 Å². The molecule has 11 heavy (non-hydrogen) atoms. The Kier molecular flexibility index (Phi) is 3.32. The Morgan fingerprint density at radius 1 is 1.55 bits per heavy atom. The number of carboxylic acids is 1. The number of rotatable bonds is 1. The number of carboxylic acid groups (broad SMARTS) is 1. The highest BCUT2D eigenvalue weighted by atomic mass is 35.5. The largest absolute Gasteiger partial charge is 1.00 e. The Morgan fingerprint density at radius 2 is 2.09 bits per heavy atom. The SMILES string of the molecule is C[N+]1(C)CCC(C(=O)O)C1.[Cl-]. The topological polar surface area (TPSA) is 37.3 Å². The van der Waals surface area contributed by atoms with Crippen LogP contribution in [-0.2, 0) is 4.79 Å². The van der Waals surface area contributed by atoms with E-state index in [1.165, 1.54) is 0 Å². The highest BCUT2D eigenvalue weighted by Gasteiger charge is 2.35. The van der Waals surface area contributed by atoms with Crippen LogP contribution in [0.5, 0.6) is 0 Å². The maximum absolute atomic E-state index is 10.5. The Bertz CT molecular complexity index is 159. The molecule has 1 aliphatic heterocycles. The van der Waals surface area contributed by atoms with Crippen LogP contribution in [0.4, 0.5) is 0 Å². The standard InChI is InChI=1S/C7H13NO2.ClH/c1-8(2)4-3-6(5-8)7(9)10;/h6H,3-5H2,1-2H3;1H. The molecule has 1 heterocycles. The zero-order valence-corrected chi connectivity index (χ0v) is 7.64. The Hall–Kier alpha value is -0.280. The third-order valence-electron chi connectivity index (χ3n) is 2.15. The summed E-state index contributed by atoms with van der Waals surface area (Å²) < 4.78 is 0.858. The molecule has 1 aliphatic rings. The lowest BCUT2D eigenvalue weighted by Gasteiger charge is -2.22. The molecular weight excluding hydrogens is 166 g/mol. The molecular formula is C7H14ClNO2. The predicted molar refractivity (Wildman–Crippen MR) is 37.6 cm³/mol. The highest BCUT2D eigenvalue weighted by molar-refractivity contribution is 5.70. The summed E-state index contributed by atoms with van der Waals surface area (Å²) in [6.45, 7) is 1.78. The number of nitrogens with zero attached hydrogens (tertiary/aromatic N) is 1. The molecule has 3 nitrogen and oxygen atoms in total. The van der Waals surface area contributed by atoms with Crippen molar-refractivity contribution in [3.8, 4) is 0 Å². The first kappa shape index (κ1) is 10.7. The summed E-state index contributed by atoms with van der Waals surface area (Å²) in [6.07, 6.45) is 0.836. The van der Waals surface area contributed by atoms with Gasteiger partial charge in [0.2, 0.25) is 0 Å². The number of hydrogen-bond acceptors (Lipinski definition) is 1. The second-order valence-electron chi connectivity index (χ2n) is 3.67. The van der Waals surface area contributed by atoms with Crippen LogP contribution in [0.15, 0.2) is 0 Å². The Labute approximate surface area is 73.0 Å². The number of carbonyl (C=O) groups is 1. The van der Waals surface area contributed by atoms with Gasteiger partial charge in [-0.15, -0.1) is 0 Å². The van der Waals surface area contributed by atoms with E-state index in [0.29, 0.717) is 0 Å². The van der Waals surface area contributed by atoms with Crippen LogP contribution in [0.1, 0.15) is 6.42 Å². The second-order valence-corrected chi connectivity index (χ2v) is 3.67. The van der Waals surface area contributed by atoms with E-state index in [4.69, 9.17) is 5.11 Å². The van der Waals surface area contributed by atoms with E-state index in [9.17, 15) is 4.79 Å². The van der Waals surface area contributed by atoms with Crippen LogP contribution >= 0.6 is 0 Å². The average molecular weight is 180 g/mol. The van der Waals surface area contributed by atoms with Gasteiger partial charge in [0.25, 0.3) is 0 Å². The molecule has 0 spiro atoms. The number of aliphatic carboxylic acids is 1. The minimum atomic E-state index is -0.635. The molecule has 0 aliphatic carbocycles. The van der Waals surface area contributed by atoms with E-state index < -0.39 is 5.97 Å². The molecule has 4 heteroatoms. The van der Waals surface area contributed by atoms with Crippen LogP contribution in [-0.4, -0.2) is 42.7 Å². The summed E-state index contributed by atoms with van der Waals surface area (Å²) in [5.41, 5.74) is 0. The van der Waals surface area contributed by atoms with Crippen molar-refractivity contribution in [2.24, 2.45) is 5.92 Å². The van der Waals surface area contributed by atoms with Gasteiger partial charge < -0.3 is 22.0 Å². The summed E-state index contributed by atoms with van der Waals surface area (Å²) in [6, 6.07) is 0. The van der Waals surface area contributed by atoms with Crippen molar-refractivity contribution in [2.75, 3.05) is 27.2 Å². The fourth-order valence-corrected chi connectivity index (χ4v) is 1.49. The van der Waals surface area contributed by atoms with Crippen molar-refractivity contribution in [1.82, 2.24) is 0 Å². The zero-order chi connectivity index (χ0) is 7.78. The average Bonchev–Trinajstić information content (AvgIpc) is 2.10. The molecule has 0 saturated carbocycles. The van der Waals surface area contributed by atoms with Crippen molar-refractivity contribution in [3.63, 3.8) is 0 Å². The van der Waals surface area contributed by atoms with E-state index in [-0.39, 0.29) is 18.3 Å². The van der Waals surface area contributed by atoms with E-state index in [1.54, 1.807) is 0 Å². The molecule has 0 bridgehead atoms. The summed E-state index contributed by atoms with van der Waals surface area (Å²) in [5.74, 6) is -0.737. The van der Waals surface area contributed by atoms with E-state index >= 15 is 0 Å². The van der Waals surface area contributed by atoms with Gasteiger partial charge in [-0.1, -0.05) is 0 Å². The quantitative estimate of drug-likeness (QED) is 0.441. The lowest BCUT2D eigenvalue weighted by Crippen LogP contribution is -3.00. The maximum Gasteiger partial charge on any atom is 0.312 e. The molecule has 66 valence electrons. The van der Waals surface area contributed by atoms with E-state index in [1.807, 2.05) is 0 Å². The predicted octanol–water partition coefficient (Wildman–Crippen LogP) is -2.83.